The van der Waals surface area contributed by atoms with E-state index in [0.29, 0.717) is 5.75 Å². The van der Waals surface area contributed by atoms with E-state index in [9.17, 15) is 4.79 Å². The number of hydrogen-bond acceptors (Lipinski definition) is 2. The molecule has 0 spiro atoms. The fourth-order valence-electron chi connectivity index (χ4n) is 3.08. The highest BCUT2D eigenvalue weighted by Gasteiger charge is 2.03. The molecule has 136 valence electrons. The maximum atomic E-state index is 11.2. The molecule has 0 fully saturated rings. The largest absolute Gasteiger partial charge is 0.423 e. The first-order valence-corrected chi connectivity index (χ1v) is 9.02. The molecule has 0 unspecified atom stereocenters. The third-order valence-electron chi connectivity index (χ3n) is 4.48. The summed E-state index contributed by atoms with van der Waals surface area (Å²) in [7, 11) is 0. The number of carbonyl (C=O) groups is 1. The first-order valence-electron chi connectivity index (χ1n) is 9.02. The zero-order valence-electron chi connectivity index (χ0n) is 15.3. The van der Waals surface area contributed by atoms with E-state index in [1.54, 1.807) is 12.1 Å². The zero-order chi connectivity index (χ0) is 19.3. The molecule has 0 aliphatic heterocycles. The standard InChI is InChI=1S/C25H19NO2/c1-2-25(27)28-23-13-10-19(11-14-23)8-9-20-12-15-24-21(18-20)16-17-26(24)22-6-4-3-5-7-22/h2-18H,1H2. The van der Waals surface area contributed by atoms with Crippen molar-refractivity contribution in [1.82, 2.24) is 4.57 Å². The summed E-state index contributed by atoms with van der Waals surface area (Å²) in [5, 5.41) is 1.19. The lowest BCUT2D eigenvalue weighted by atomic mass is 10.1. The van der Waals surface area contributed by atoms with Crippen LogP contribution in [0, 0.1) is 0 Å². The number of fused-ring (bicyclic) bond motifs is 1. The van der Waals surface area contributed by atoms with E-state index >= 15 is 0 Å². The summed E-state index contributed by atoms with van der Waals surface area (Å²) in [6.07, 6.45) is 7.35. The molecule has 28 heavy (non-hydrogen) atoms. The van der Waals surface area contributed by atoms with Crippen LogP contribution in [0.4, 0.5) is 0 Å². The molecule has 0 N–H and O–H groups in total. The number of carbonyl (C=O) groups excluding carboxylic acids is 1. The Morgan fingerprint density at radius 2 is 1.57 bits per heavy atom. The summed E-state index contributed by atoms with van der Waals surface area (Å²) in [5.41, 5.74) is 4.48. The summed E-state index contributed by atoms with van der Waals surface area (Å²) in [6, 6.07) is 26.2. The molecular weight excluding hydrogens is 346 g/mol. The Morgan fingerprint density at radius 3 is 2.32 bits per heavy atom. The Kier molecular flexibility index (Phi) is 4.89. The number of benzene rings is 3. The van der Waals surface area contributed by atoms with Crippen LogP contribution in [0.25, 0.3) is 28.7 Å². The Labute approximate surface area is 163 Å². The average Bonchev–Trinajstić information content (AvgIpc) is 3.17. The lowest BCUT2D eigenvalue weighted by Gasteiger charge is -2.05. The van der Waals surface area contributed by atoms with Crippen molar-refractivity contribution in [2.24, 2.45) is 0 Å². The van der Waals surface area contributed by atoms with Crippen molar-refractivity contribution in [2.45, 2.75) is 0 Å². The van der Waals surface area contributed by atoms with Crippen molar-refractivity contribution >= 4 is 29.0 Å². The molecule has 0 bridgehead atoms. The van der Waals surface area contributed by atoms with Gasteiger partial charge in [0.05, 0.1) is 5.52 Å². The number of para-hydroxylation sites is 1. The van der Waals surface area contributed by atoms with Crippen LogP contribution in [-0.2, 0) is 4.79 Å². The van der Waals surface area contributed by atoms with Crippen LogP contribution >= 0.6 is 0 Å². The molecule has 0 amide bonds. The second kappa shape index (κ2) is 7.80. The van der Waals surface area contributed by atoms with Gasteiger partial charge in [-0.2, -0.15) is 0 Å². The van der Waals surface area contributed by atoms with Crippen LogP contribution in [-0.4, -0.2) is 10.5 Å². The van der Waals surface area contributed by atoms with Crippen LogP contribution in [0.5, 0.6) is 5.75 Å². The van der Waals surface area contributed by atoms with Gasteiger partial charge in [-0.3, -0.25) is 0 Å². The summed E-state index contributed by atoms with van der Waals surface area (Å²) >= 11 is 0. The average molecular weight is 365 g/mol. The monoisotopic (exact) mass is 365 g/mol. The normalized spacial score (nSPS) is 11.0. The smallest absolute Gasteiger partial charge is 0.335 e. The fraction of sp³-hybridized carbons (Fsp3) is 0. The van der Waals surface area contributed by atoms with Crippen LogP contribution in [0.1, 0.15) is 11.1 Å². The van der Waals surface area contributed by atoms with Gasteiger partial charge >= 0.3 is 5.97 Å². The van der Waals surface area contributed by atoms with Gasteiger partial charge in [-0.25, -0.2) is 4.79 Å². The first-order chi connectivity index (χ1) is 13.7. The van der Waals surface area contributed by atoms with E-state index in [1.807, 2.05) is 36.4 Å². The molecule has 1 heterocycles. The van der Waals surface area contributed by atoms with Crippen LogP contribution < -0.4 is 4.74 Å². The van der Waals surface area contributed by atoms with Crippen molar-refractivity contribution in [2.75, 3.05) is 0 Å². The van der Waals surface area contributed by atoms with Gasteiger partial charge in [0.15, 0.2) is 0 Å². The van der Waals surface area contributed by atoms with E-state index in [-0.39, 0.29) is 0 Å². The highest BCUT2D eigenvalue weighted by Crippen LogP contribution is 2.23. The molecular formula is C25H19NO2. The van der Waals surface area contributed by atoms with Gasteiger partial charge in [0, 0.05) is 23.3 Å². The topological polar surface area (TPSA) is 31.2 Å². The lowest BCUT2D eigenvalue weighted by Crippen LogP contribution is -2.02. The Bertz CT molecular complexity index is 1150. The highest BCUT2D eigenvalue weighted by molar-refractivity contribution is 5.86. The van der Waals surface area contributed by atoms with Gasteiger partial charge in [-0.05, 0) is 53.6 Å². The van der Waals surface area contributed by atoms with Gasteiger partial charge in [0.25, 0.3) is 0 Å². The van der Waals surface area contributed by atoms with E-state index in [1.165, 1.54) is 10.9 Å². The zero-order valence-corrected chi connectivity index (χ0v) is 15.3. The van der Waals surface area contributed by atoms with Gasteiger partial charge in [0.2, 0.25) is 0 Å². The molecule has 1 aromatic heterocycles. The van der Waals surface area contributed by atoms with Crippen LogP contribution in [0.15, 0.2) is 97.7 Å². The number of aromatic nitrogens is 1. The maximum Gasteiger partial charge on any atom is 0.335 e. The highest BCUT2D eigenvalue weighted by atomic mass is 16.5. The third-order valence-corrected chi connectivity index (χ3v) is 4.48. The Balaban J connectivity index is 1.53. The summed E-state index contributed by atoms with van der Waals surface area (Å²) in [5.74, 6) is 0.0461. The fourth-order valence-corrected chi connectivity index (χ4v) is 3.08. The van der Waals surface area contributed by atoms with E-state index in [4.69, 9.17) is 4.74 Å². The van der Waals surface area contributed by atoms with Crippen molar-refractivity contribution in [3.63, 3.8) is 0 Å². The minimum absolute atomic E-state index is 0.459. The number of hydrogen-bond donors (Lipinski definition) is 0. The second-order valence-electron chi connectivity index (χ2n) is 6.37. The van der Waals surface area contributed by atoms with Gasteiger partial charge < -0.3 is 9.30 Å². The SMILES string of the molecule is C=CC(=O)Oc1ccc(C=Cc2ccc3c(ccn3-c3ccccc3)c2)cc1. The summed E-state index contributed by atoms with van der Waals surface area (Å²) in [4.78, 5) is 11.2. The number of nitrogens with zero attached hydrogens (tertiary/aromatic N) is 1. The first kappa shape index (κ1) is 17.6. The molecule has 3 aromatic carbocycles. The Hall–Kier alpha value is -3.85. The van der Waals surface area contributed by atoms with Crippen LogP contribution in [0.3, 0.4) is 0 Å². The molecule has 4 rings (SSSR count). The van der Waals surface area contributed by atoms with E-state index < -0.39 is 5.97 Å². The van der Waals surface area contributed by atoms with Gasteiger partial charge in [-0.15, -0.1) is 0 Å². The minimum atomic E-state index is -0.459. The van der Waals surface area contributed by atoms with E-state index in [2.05, 4.69) is 59.8 Å². The minimum Gasteiger partial charge on any atom is -0.423 e. The summed E-state index contributed by atoms with van der Waals surface area (Å²) in [6.45, 7) is 3.39. The molecule has 0 atom stereocenters. The van der Waals surface area contributed by atoms with Gasteiger partial charge in [-0.1, -0.05) is 55.1 Å². The predicted octanol–water partition coefficient (Wildman–Crippen LogP) is 5.89. The van der Waals surface area contributed by atoms with Crippen molar-refractivity contribution in [3.8, 4) is 11.4 Å². The van der Waals surface area contributed by atoms with Crippen molar-refractivity contribution in [3.05, 3.63) is 109 Å². The second-order valence-corrected chi connectivity index (χ2v) is 6.37. The number of ether oxygens (including phenoxy) is 1. The molecule has 3 nitrogen and oxygen atoms in total. The molecule has 3 heteroatoms. The molecule has 4 aromatic rings. The molecule has 0 radical (unpaired) electrons. The molecule has 0 aliphatic rings. The summed E-state index contributed by atoms with van der Waals surface area (Å²) < 4.78 is 7.27. The maximum absolute atomic E-state index is 11.2. The number of esters is 1. The molecule has 0 saturated carbocycles. The predicted molar refractivity (Wildman–Crippen MR) is 114 cm³/mol. The van der Waals surface area contributed by atoms with Crippen molar-refractivity contribution < 1.29 is 9.53 Å². The quantitative estimate of drug-likeness (QED) is 0.191. The number of rotatable bonds is 5. The molecule has 0 aliphatic carbocycles. The van der Waals surface area contributed by atoms with Gasteiger partial charge in [0.1, 0.15) is 5.75 Å². The Morgan fingerprint density at radius 1 is 0.857 bits per heavy atom. The molecule has 0 saturated heterocycles. The van der Waals surface area contributed by atoms with Crippen molar-refractivity contribution in [1.29, 1.82) is 0 Å². The lowest BCUT2D eigenvalue weighted by molar-refractivity contribution is -0.128. The van der Waals surface area contributed by atoms with E-state index in [0.717, 1.165) is 22.9 Å². The van der Waals surface area contributed by atoms with Crippen LogP contribution in [0.2, 0.25) is 0 Å². The third kappa shape index (κ3) is 3.79.